The Morgan fingerprint density at radius 2 is 2.27 bits per heavy atom. The largest absolute Gasteiger partial charge is 0.493 e. The zero-order chi connectivity index (χ0) is 15.5. The summed E-state index contributed by atoms with van der Waals surface area (Å²) in [5.74, 6) is 1.71. The molecule has 1 aromatic carbocycles. The van der Waals surface area contributed by atoms with E-state index in [4.69, 9.17) is 9.47 Å². The highest BCUT2D eigenvalue weighted by Gasteiger charge is 2.52. The van der Waals surface area contributed by atoms with Crippen LogP contribution in [0.1, 0.15) is 29.5 Å². The van der Waals surface area contributed by atoms with Gasteiger partial charge in [0.25, 0.3) is 0 Å². The van der Waals surface area contributed by atoms with Gasteiger partial charge in [-0.2, -0.15) is 0 Å². The molecule has 0 saturated heterocycles. The lowest BCUT2D eigenvalue weighted by atomic mass is 9.68. The van der Waals surface area contributed by atoms with Gasteiger partial charge in [-0.05, 0) is 44.1 Å². The molecule has 0 amide bonds. The summed E-state index contributed by atoms with van der Waals surface area (Å²) in [4.78, 5) is 2.37. The van der Waals surface area contributed by atoms with Crippen LogP contribution >= 0.6 is 0 Å². The van der Waals surface area contributed by atoms with Crippen LogP contribution in [0.4, 0.5) is 0 Å². The molecule has 0 radical (unpaired) electrons. The van der Waals surface area contributed by atoms with Crippen molar-refractivity contribution in [2.45, 2.75) is 43.9 Å². The number of aliphatic hydroxyl groups is 1. The molecule has 0 aromatic heterocycles. The minimum atomic E-state index is -0.415. The molecule has 0 bridgehead atoms. The van der Waals surface area contributed by atoms with Crippen LogP contribution in [0, 0.1) is 6.92 Å². The molecule has 0 fully saturated rings. The average molecular weight is 301 g/mol. The van der Waals surface area contributed by atoms with Crippen LogP contribution in [0.3, 0.4) is 0 Å². The first kappa shape index (κ1) is 14.1. The molecule has 1 N–H and O–H groups in total. The van der Waals surface area contributed by atoms with Crippen LogP contribution in [0.2, 0.25) is 0 Å². The van der Waals surface area contributed by atoms with E-state index >= 15 is 0 Å². The Labute approximate surface area is 131 Å². The Kier molecular flexibility index (Phi) is 3.03. The highest BCUT2D eigenvalue weighted by atomic mass is 16.5. The van der Waals surface area contributed by atoms with Gasteiger partial charge in [0.1, 0.15) is 6.10 Å². The minimum Gasteiger partial charge on any atom is -0.493 e. The fourth-order valence-corrected chi connectivity index (χ4v) is 4.30. The topological polar surface area (TPSA) is 41.9 Å². The number of aryl methyl sites for hydroxylation is 1. The normalized spacial score (nSPS) is 32.9. The van der Waals surface area contributed by atoms with E-state index in [2.05, 4.69) is 31.0 Å². The summed E-state index contributed by atoms with van der Waals surface area (Å²) >= 11 is 0. The maximum atomic E-state index is 10.0. The maximum absolute atomic E-state index is 10.0. The van der Waals surface area contributed by atoms with E-state index in [0.29, 0.717) is 6.42 Å². The predicted molar refractivity (Wildman–Crippen MR) is 84.5 cm³/mol. The van der Waals surface area contributed by atoms with Crippen molar-refractivity contribution < 1.29 is 14.6 Å². The standard InChI is InChI=1S/C18H23NO3/c1-11-8-14(21-3)17-16-13(11)10-19(2)7-6-18(16)5-4-12(20)9-15(18)22-17/h4-5,8,12,15,20H,6-7,9-10H2,1-3H3/t12-,15?,18?/m0/s1. The van der Waals surface area contributed by atoms with Crippen LogP contribution in [0.15, 0.2) is 18.2 Å². The van der Waals surface area contributed by atoms with Crippen LogP contribution in [0.25, 0.3) is 0 Å². The predicted octanol–water partition coefficient (Wildman–Crippen LogP) is 2.16. The summed E-state index contributed by atoms with van der Waals surface area (Å²) in [5.41, 5.74) is 3.79. The van der Waals surface area contributed by atoms with E-state index in [-0.39, 0.29) is 11.5 Å². The lowest BCUT2D eigenvalue weighted by molar-refractivity contribution is 0.0821. The van der Waals surface area contributed by atoms with Crippen molar-refractivity contribution in [1.29, 1.82) is 0 Å². The third-order valence-electron chi connectivity index (χ3n) is 5.50. The van der Waals surface area contributed by atoms with E-state index in [1.165, 1.54) is 16.7 Å². The lowest BCUT2D eigenvalue weighted by Gasteiger charge is -2.35. The molecule has 3 aliphatic rings. The van der Waals surface area contributed by atoms with Crippen molar-refractivity contribution in [3.63, 3.8) is 0 Å². The summed E-state index contributed by atoms with van der Waals surface area (Å²) < 4.78 is 11.9. The minimum absolute atomic E-state index is 0.00319. The molecule has 4 rings (SSSR count). The molecule has 22 heavy (non-hydrogen) atoms. The molecule has 118 valence electrons. The van der Waals surface area contributed by atoms with Gasteiger partial charge in [-0.3, -0.25) is 0 Å². The Morgan fingerprint density at radius 3 is 3.05 bits per heavy atom. The number of ether oxygens (including phenoxy) is 2. The number of hydrogen-bond acceptors (Lipinski definition) is 4. The molecule has 1 spiro atoms. The SMILES string of the molecule is COc1cc(C)c2c3c1OC1C[C@@H](O)C=CC31CCN(C)C2. The van der Waals surface area contributed by atoms with Crippen LogP contribution in [0.5, 0.6) is 11.5 Å². The molecule has 2 heterocycles. The molecule has 2 unspecified atom stereocenters. The van der Waals surface area contributed by atoms with Crippen molar-refractivity contribution in [2.75, 3.05) is 20.7 Å². The molecule has 4 heteroatoms. The third kappa shape index (κ3) is 1.77. The number of rotatable bonds is 1. The van der Waals surface area contributed by atoms with E-state index < -0.39 is 6.10 Å². The summed E-state index contributed by atoms with van der Waals surface area (Å²) in [6.07, 6.45) is 5.39. The Morgan fingerprint density at radius 1 is 1.45 bits per heavy atom. The Balaban J connectivity index is 2.00. The number of benzene rings is 1. The molecular formula is C18H23NO3. The molecular weight excluding hydrogens is 278 g/mol. The second-order valence-corrected chi connectivity index (χ2v) is 6.88. The second kappa shape index (κ2) is 4.74. The molecule has 1 aromatic rings. The van der Waals surface area contributed by atoms with Gasteiger partial charge in [-0.15, -0.1) is 0 Å². The summed E-state index contributed by atoms with van der Waals surface area (Å²) in [7, 11) is 3.87. The van der Waals surface area contributed by atoms with Crippen molar-refractivity contribution in [1.82, 2.24) is 4.90 Å². The van der Waals surface area contributed by atoms with Crippen molar-refractivity contribution in [3.05, 3.63) is 34.9 Å². The Bertz CT molecular complexity index is 654. The van der Waals surface area contributed by atoms with Crippen LogP contribution in [-0.2, 0) is 12.0 Å². The van der Waals surface area contributed by atoms with Gasteiger partial charge in [0.15, 0.2) is 11.5 Å². The quantitative estimate of drug-likeness (QED) is 0.807. The van der Waals surface area contributed by atoms with Gasteiger partial charge >= 0.3 is 0 Å². The molecule has 3 atom stereocenters. The lowest BCUT2D eigenvalue weighted by Crippen LogP contribution is -2.42. The summed E-state index contributed by atoms with van der Waals surface area (Å²) in [5, 5.41) is 10.0. The molecule has 0 saturated carbocycles. The maximum Gasteiger partial charge on any atom is 0.166 e. The van der Waals surface area contributed by atoms with Crippen LogP contribution < -0.4 is 9.47 Å². The van der Waals surface area contributed by atoms with Gasteiger partial charge in [-0.1, -0.05) is 12.2 Å². The monoisotopic (exact) mass is 301 g/mol. The first-order chi connectivity index (χ1) is 10.5. The van der Waals surface area contributed by atoms with Gasteiger partial charge in [-0.25, -0.2) is 0 Å². The summed E-state index contributed by atoms with van der Waals surface area (Å²) in [6.45, 7) is 4.11. The van der Waals surface area contributed by atoms with Gasteiger partial charge in [0, 0.05) is 18.5 Å². The fourth-order valence-electron chi connectivity index (χ4n) is 4.30. The number of methoxy groups -OCH3 is 1. The number of aliphatic hydroxyl groups excluding tert-OH is 1. The van der Waals surface area contributed by atoms with Crippen LogP contribution in [-0.4, -0.2) is 42.9 Å². The van der Waals surface area contributed by atoms with E-state index in [9.17, 15) is 5.11 Å². The zero-order valence-corrected chi connectivity index (χ0v) is 13.4. The molecule has 4 nitrogen and oxygen atoms in total. The number of hydrogen-bond donors (Lipinski definition) is 1. The average Bonchev–Trinajstić information content (AvgIpc) is 2.74. The van der Waals surface area contributed by atoms with Crippen molar-refractivity contribution in [3.8, 4) is 11.5 Å². The van der Waals surface area contributed by atoms with Crippen molar-refractivity contribution >= 4 is 0 Å². The zero-order valence-electron chi connectivity index (χ0n) is 13.4. The highest BCUT2D eigenvalue weighted by molar-refractivity contribution is 5.63. The van der Waals surface area contributed by atoms with E-state index in [1.807, 2.05) is 6.08 Å². The summed E-state index contributed by atoms with van der Waals surface area (Å²) in [6, 6.07) is 2.08. The van der Waals surface area contributed by atoms with Gasteiger partial charge < -0.3 is 19.5 Å². The smallest absolute Gasteiger partial charge is 0.166 e. The fraction of sp³-hybridized carbons (Fsp3) is 0.556. The number of nitrogens with zero attached hydrogens (tertiary/aromatic N) is 1. The Hall–Kier alpha value is -1.52. The van der Waals surface area contributed by atoms with E-state index in [1.54, 1.807) is 7.11 Å². The molecule has 1 aliphatic carbocycles. The molecule has 2 aliphatic heterocycles. The third-order valence-corrected chi connectivity index (χ3v) is 5.50. The van der Waals surface area contributed by atoms with Gasteiger partial charge in [0.05, 0.1) is 18.6 Å². The van der Waals surface area contributed by atoms with E-state index in [0.717, 1.165) is 31.0 Å². The highest BCUT2D eigenvalue weighted by Crippen LogP contribution is 2.56. The first-order valence-corrected chi connectivity index (χ1v) is 7.99. The second-order valence-electron chi connectivity index (χ2n) is 6.88. The first-order valence-electron chi connectivity index (χ1n) is 7.99. The van der Waals surface area contributed by atoms with Gasteiger partial charge in [0.2, 0.25) is 0 Å². The van der Waals surface area contributed by atoms with Crippen molar-refractivity contribution in [2.24, 2.45) is 0 Å².